The summed E-state index contributed by atoms with van der Waals surface area (Å²) in [6.45, 7) is 2.71. The molecule has 2 amide bonds. The summed E-state index contributed by atoms with van der Waals surface area (Å²) in [5.41, 5.74) is 6.47. The van der Waals surface area contributed by atoms with Crippen LogP contribution in [0.15, 0.2) is 53.2 Å². The summed E-state index contributed by atoms with van der Waals surface area (Å²) in [7, 11) is 1.64. The average Bonchev–Trinajstić information content (AvgIpc) is 3.18. The summed E-state index contributed by atoms with van der Waals surface area (Å²) in [5.74, 6) is 0.517. The Morgan fingerprint density at radius 3 is 2.30 bits per heavy atom. The Morgan fingerprint density at radius 1 is 1.17 bits per heavy atom. The van der Waals surface area contributed by atoms with Crippen LogP contribution >= 0.6 is 12.0 Å². The summed E-state index contributed by atoms with van der Waals surface area (Å²) in [6.07, 6.45) is 3.55. The van der Waals surface area contributed by atoms with E-state index >= 15 is 0 Å². The number of nitrogen functional groups attached to an aromatic ring is 1. The van der Waals surface area contributed by atoms with Crippen LogP contribution in [-0.4, -0.2) is 29.5 Å². The third-order valence-electron chi connectivity index (χ3n) is 3.79. The number of amides is 2. The molecular formula is C20H24FN5O3S. The van der Waals surface area contributed by atoms with Crippen LogP contribution in [0.25, 0.3) is 11.1 Å². The highest BCUT2D eigenvalue weighted by molar-refractivity contribution is 7.93. The van der Waals surface area contributed by atoms with Crippen molar-refractivity contribution in [1.29, 1.82) is 0 Å². The molecule has 160 valence electrons. The standard InChI is InChI=1S/C18H18FN5O2.C2H6OS/c1-18(2,19)14-9-16(26-24-14)23-17(25)22-13-6-3-11(4-7-13)12-5-8-15(20)21-10-12;1-3-4-2/h3-10H,1-2H3,(H2,20,21)(H2,22,23,25);1-2H3. The van der Waals surface area contributed by atoms with Gasteiger partial charge in [0.05, 0.1) is 7.11 Å². The Bertz CT molecular complexity index is 938. The van der Waals surface area contributed by atoms with Crippen LogP contribution in [0.5, 0.6) is 0 Å². The maximum atomic E-state index is 13.8. The minimum Gasteiger partial charge on any atom is -0.384 e. The quantitative estimate of drug-likeness (QED) is 0.481. The molecule has 0 bridgehead atoms. The number of hydrogen-bond donors (Lipinski definition) is 3. The molecule has 0 saturated carbocycles. The third-order valence-corrected chi connectivity index (χ3v) is 4.12. The smallest absolute Gasteiger partial charge is 0.326 e. The van der Waals surface area contributed by atoms with Crippen LogP contribution in [0.1, 0.15) is 19.5 Å². The van der Waals surface area contributed by atoms with E-state index in [0.717, 1.165) is 11.1 Å². The van der Waals surface area contributed by atoms with Gasteiger partial charge in [0, 0.05) is 29.8 Å². The molecule has 0 spiro atoms. The van der Waals surface area contributed by atoms with Gasteiger partial charge in [0.2, 0.25) is 5.88 Å². The summed E-state index contributed by atoms with van der Waals surface area (Å²) in [5, 5.41) is 8.72. The number of benzene rings is 1. The monoisotopic (exact) mass is 433 g/mol. The Morgan fingerprint density at radius 2 is 1.80 bits per heavy atom. The lowest BCUT2D eigenvalue weighted by Gasteiger charge is -2.08. The number of halogens is 1. The topological polar surface area (TPSA) is 115 Å². The molecule has 2 heterocycles. The maximum Gasteiger partial charge on any atom is 0.326 e. The second kappa shape index (κ2) is 10.6. The highest BCUT2D eigenvalue weighted by atomic mass is 32.2. The molecule has 1 aromatic carbocycles. The van der Waals surface area contributed by atoms with Gasteiger partial charge in [-0.25, -0.2) is 14.2 Å². The van der Waals surface area contributed by atoms with Crippen molar-refractivity contribution in [3.8, 4) is 11.1 Å². The van der Waals surface area contributed by atoms with E-state index < -0.39 is 11.7 Å². The molecule has 0 saturated heterocycles. The number of aromatic nitrogens is 2. The number of carbonyl (C=O) groups excluding carboxylic acids is 1. The highest BCUT2D eigenvalue weighted by Gasteiger charge is 2.24. The number of nitrogens with zero attached hydrogens (tertiary/aromatic N) is 2. The number of carbonyl (C=O) groups is 1. The lowest BCUT2D eigenvalue weighted by atomic mass is 10.1. The molecule has 3 rings (SSSR count). The number of anilines is 3. The SMILES string of the molecule is CC(C)(F)c1cc(NC(=O)Nc2ccc(-c3ccc(N)nc3)cc2)on1.COSC. The third kappa shape index (κ3) is 7.05. The Hall–Kier alpha value is -3.11. The van der Waals surface area contributed by atoms with Gasteiger partial charge in [-0.1, -0.05) is 17.3 Å². The van der Waals surface area contributed by atoms with Crippen LogP contribution in [-0.2, 0) is 9.85 Å². The zero-order chi connectivity index (χ0) is 22.1. The molecule has 0 atom stereocenters. The zero-order valence-corrected chi connectivity index (χ0v) is 17.9. The van der Waals surface area contributed by atoms with E-state index in [2.05, 4.69) is 25.0 Å². The van der Waals surface area contributed by atoms with Crippen LogP contribution in [0.3, 0.4) is 0 Å². The Kier molecular flexibility index (Phi) is 8.19. The fraction of sp³-hybridized carbons (Fsp3) is 0.250. The largest absolute Gasteiger partial charge is 0.384 e. The van der Waals surface area contributed by atoms with Crippen molar-refractivity contribution in [2.24, 2.45) is 0 Å². The van der Waals surface area contributed by atoms with Gasteiger partial charge in [-0.15, -0.1) is 0 Å². The normalized spacial score (nSPS) is 10.7. The molecule has 0 aliphatic rings. The van der Waals surface area contributed by atoms with Gasteiger partial charge in [-0.05, 0) is 55.7 Å². The van der Waals surface area contributed by atoms with Gasteiger partial charge < -0.3 is 19.8 Å². The minimum absolute atomic E-state index is 0.0628. The first-order valence-electron chi connectivity index (χ1n) is 8.86. The van der Waals surface area contributed by atoms with Gasteiger partial charge in [0.25, 0.3) is 0 Å². The zero-order valence-electron chi connectivity index (χ0n) is 17.1. The molecule has 2 aromatic heterocycles. The van der Waals surface area contributed by atoms with Crippen LogP contribution in [0.2, 0.25) is 0 Å². The second-order valence-corrected chi connectivity index (χ2v) is 7.18. The first kappa shape index (κ1) is 23.2. The number of urea groups is 1. The van der Waals surface area contributed by atoms with Crippen LogP contribution in [0.4, 0.5) is 26.6 Å². The minimum atomic E-state index is -1.65. The number of hydrogen-bond acceptors (Lipinski definition) is 7. The molecule has 0 radical (unpaired) electrons. The number of alkyl halides is 1. The molecule has 0 aliphatic heterocycles. The molecular weight excluding hydrogens is 409 g/mol. The molecule has 0 aliphatic carbocycles. The molecule has 3 aromatic rings. The molecule has 30 heavy (non-hydrogen) atoms. The first-order chi connectivity index (χ1) is 14.2. The van der Waals surface area contributed by atoms with Crippen molar-refractivity contribution in [3.05, 3.63) is 54.4 Å². The van der Waals surface area contributed by atoms with E-state index in [4.69, 9.17) is 10.3 Å². The van der Waals surface area contributed by atoms with Crippen molar-refractivity contribution in [1.82, 2.24) is 10.1 Å². The van der Waals surface area contributed by atoms with Gasteiger partial charge in [0.1, 0.15) is 11.5 Å². The van der Waals surface area contributed by atoms with Gasteiger partial charge >= 0.3 is 6.03 Å². The van der Waals surface area contributed by atoms with Crippen molar-refractivity contribution in [3.63, 3.8) is 0 Å². The van der Waals surface area contributed by atoms with Gasteiger partial charge in [0.15, 0.2) is 5.67 Å². The molecule has 8 nitrogen and oxygen atoms in total. The fourth-order valence-corrected chi connectivity index (χ4v) is 2.21. The molecule has 0 unspecified atom stereocenters. The number of nitrogens with one attached hydrogen (secondary N) is 2. The lowest BCUT2D eigenvalue weighted by Crippen LogP contribution is -2.19. The van der Waals surface area contributed by atoms with Crippen LogP contribution < -0.4 is 16.4 Å². The van der Waals surface area contributed by atoms with E-state index in [1.165, 1.54) is 32.0 Å². The van der Waals surface area contributed by atoms with Crippen LogP contribution in [0, 0.1) is 0 Å². The van der Waals surface area contributed by atoms with Gasteiger partial charge in [-0.3, -0.25) is 5.32 Å². The Labute approximate surface area is 178 Å². The van der Waals surface area contributed by atoms with E-state index in [1.807, 2.05) is 24.5 Å². The summed E-state index contributed by atoms with van der Waals surface area (Å²) < 4.78 is 23.1. The predicted octanol–water partition coefficient (Wildman–Crippen LogP) is 5.08. The van der Waals surface area contributed by atoms with Crippen molar-refractivity contribution < 1.29 is 17.9 Å². The van der Waals surface area contributed by atoms with Crippen molar-refractivity contribution >= 4 is 35.5 Å². The molecule has 4 N–H and O–H groups in total. The summed E-state index contributed by atoms with van der Waals surface area (Å²) in [6, 6.07) is 11.6. The summed E-state index contributed by atoms with van der Waals surface area (Å²) in [4.78, 5) is 16.1. The van der Waals surface area contributed by atoms with Crippen molar-refractivity contribution in [2.75, 3.05) is 29.7 Å². The summed E-state index contributed by atoms with van der Waals surface area (Å²) >= 11 is 1.36. The van der Waals surface area contributed by atoms with E-state index in [-0.39, 0.29) is 11.6 Å². The highest BCUT2D eigenvalue weighted by Crippen LogP contribution is 2.26. The number of rotatable bonds is 5. The fourth-order valence-electron chi connectivity index (χ4n) is 2.21. The van der Waals surface area contributed by atoms with E-state index in [0.29, 0.717) is 11.5 Å². The van der Waals surface area contributed by atoms with E-state index in [1.54, 1.807) is 31.5 Å². The van der Waals surface area contributed by atoms with Gasteiger partial charge in [-0.2, -0.15) is 0 Å². The number of nitrogens with two attached hydrogens (primary N) is 1. The second-order valence-electron chi connectivity index (χ2n) is 6.51. The molecule has 10 heteroatoms. The number of pyridine rings is 1. The maximum absolute atomic E-state index is 13.8. The van der Waals surface area contributed by atoms with Crippen molar-refractivity contribution in [2.45, 2.75) is 19.5 Å². The van der Waals surface area contributed by atoms with E-state index in [9.17, 15) is 9.18 Å². The molecule has 0 fully saturated rings. The predicted molar refractivity (Wildman–Crippen MR) is 118 cm³/mol. The lowest BCUT2D eigenvalue weighted by molar-refractivity contribution is 0.205. The Balaban J connectivity index is 0.000000735. The average molecular weight is 434 g/mol. The first-order valence-corrected chi connectivity index (χ1v) is 10.0.